The van der Waals surface area contributed by atoms with Crippen LogP contribution < -0.4 is 0 Å². The minimum Gasteiger partial charge on any atom is -0.369 e. The van der Waals surface area contributed by atoms with Gasteiger partial charge < -0.3 is 9.26 Å². The molecule has 0 bridgehead atoms. The van der Waals surface area contributed by atoms with E-state index >= 15 is 0 Å². The number of aromatic nitrogens is 5. The summed E-state index contributed by atoms with van der Waals surface area (Å²) in [6, 6.07) is 3.56. The summed E-state index contributed by atoms with van der Waals surface area (Å²) in [5, 5.41) is 8.00. The zero-order chi connectivity index (χ0) is 20.3. The number of ether oxygens (including phenoxy) is 1. The number of nitrogens with zero attached hydrogens (tertiary/aromatic N) is 6. The quantitative estimate of drug-likeness (QED) is 0.569. The van der Waals surface area contributed by atoms with Gasteiger partial charge in [0.2, 0.25) is 10.0 Å². The average molecular weight is 418 g/mol. The van der Waals surface area contributed by atoms with Crippen LogP contribution in [0.25, 0.3) is 11.5 Å². The van der Waals surface area contributed by atoms with Gasteiger partial charge in [0.25, 0.3) is 5.89 Å². The molecule has 0 radical (unpaired) electrons. The molecule has 3 aromatic heterocycles. The van der Waals surface area contributed by atoms with Crippen molar-refractivity contribution in [2.75, 3.05) is 13.1 Å². The van der Waals surface area contributed by atoms with Crippen LogP contribution in [0.15, 0.2) is 46.3 Å². The van der Waals surface area contributed by atoms with E-state index in [0.29, 0.717) is 24.8 Å². The van der Waals surface area contributed by atoms with Crippen LogP contribution in [0, 0.1) is 0 Å². The highest BCUT2D eigenvalue weighted by Gasteiger charge is 2.31. The molecule has 10 nitrogen and oxygen atoms in total. The van der Waals surface area contributed by atoms with Crippen molar-refractivity contribution >= 4 is 10.0 Å². The maximum absolute atomic E-state index is 12.9. The fourth-order valence-electron chi connectivity index (χ4n) is 3.18. The number of pyridine rings is 1. The van der Waals surface area contributed by atoms with E-state index in [4.69, 9.17) is 9.26 Å². The third-order valence-electron chi connectivity index (χ3n) is 4.76. The van der Waals surface area contributed by atoms with Gasteiger partial charge in [-0.05, 0) is 31.9 Å². The summed E-state index contributed by atoms with van der Waals surface area (Å²) in [5.41, 5.74) is 0.779. The second-order valence-corrected chi connectivity index (χ2v) is 8.66. The van der Waals surface area contributed by atoms with Gasteiger partial charge in [-0.2, -0.15) is 14.4 Å². The van der Waals surface area contributed by atoms with Crippen LogP contribution in [0.4, 0.5) is 0 Å². The maximum Gasteiger partial charge on any atom is 0.258 e. The first kappa shape index (κ1) is 19.7. The summed E-state index contributed by atoms with van der Waals surface area (Å²) in [4.78, 5) is 8.48. The summed E-state index contributed by atoms with van der Waals surface area (Å²) in [5.74, 6) is 0.813. The van der Waals surface area contributed by atoms with Gasteiger partial charge in [0.15, 0.2) is 5.82 Å². The van der Waals surface area contributed by atoms with Gasteiger partial charge in [-0.25, -0.2) is 8.42 Å². The highest BCUT2D eigenvalue weighted by atomic mass is 32.2. The molecule has 1 aliphatic rings. The molecule has 11 heteroatoms. The van der Waals surface area contributed by atoms with E-state index in [1.54, 1.807) is 35.4 Å². The van der Waals surface area contributed by atoms with Crippen molar-refractivity contribution in [1.29, 1.82) is 0 Å². The molecule has 1 saturated heterocycles. The summed E-state index contributed by atoms with van der Waals surface area (Å²) in [7, 11) is -3.58. The maximum atomic E-state index is 12.9. The molecule has 154 valence electrons. The van der Waals surface area contributed by atoms with Gasteiger partial charge in [0.05, 0.1) is 12.3 Å². The van der Waals surface area contributed by atoms with Crippen molar-refractivity contribution in [3.63, 3.8) is 0 Å². The molecule has 1 aliphatic heterocycles. The lowest BCUT2D eigenvalue weighted by Crippen LogP contribution is -2.43. The highest BCUT2D eigenvalue weighted by Crippen LogP contribution is 2.23. The summed E-state index contributed by atoms with van der Waals surface area (Å²) in [6.45, 7) is 3.43. The molecule has 3 aromatic rings. The van der Waals surface area contributed by atoms with Gasteiger partial charge in [0, 0.05) is 43.8 Å². The van der Waals surface area contributed by atoms with Crippen molar-refractivity contribution in [2.24, 2.45) is 0 Å². The second-order valence-electron chi connectivity index (χ2n) is 6.72. The predicted octanol–water partition coefficient (Wildman–Crippen LogP) is 1.72. The van der Waals surface area contributed by atoms with Gasteiger partial charge in [-0.15, -0.1) is 0 Å². The molecule has 0 aromatic carbocycles. The summed E-state index contributed by atoms with van der Waals surface area (Å²) in [6.07, 6.45) is 7.51. The van der Waals surface area contributed by atoms with Crippen molar-refractivity contribution < 1.29 is 17.7 Å². The largest absolute Gasteiger partial charge is 0.369 e. The van der Waals surface area contributed by atoms with Crippen molar-refractivity contribution in [3.05, 3.63) is 42.7 Å². The first-order valence-electron chi connectivity index (χ1n) is 9.43. The first-order valence-corrected chi connectivity index (χ1v) is 10.9. The Balaban J connectivity index is 1.37. The third kappa shape index (κ3) is 4.36. The minimum absolute atomic E-state index is 0.154. The van der Waals surface area contributed by atoms with Crippen LogP contribution in [-0.4, -0.2) is 56.8 Å². The molecule has 1 fully saturated rings. The van der Waals surface area contributed by atoms with E-state index in [1.807, 2.05) is 6.92 Å². The lowest BCUT2D eigenvalue weighted by Gasteiger charge is -2.31. The van der Waals surface area contributed by atoms with Gasteiger partial charge in [0.1, 0.15) is 11.5 Å². The number of sulfonamides is 1. The zero-order valence-corrected chi connectivity index (χ0v) is 16.8. The van der Waals surface area contributed by atoms with Crippen LogP contribution in [0.1, 0.15) is 25.6 Å². The standard InChI is InChI=1S/C18H22N6O4S/c1-2-23-12-16(10-20-23)29(25,26)24-9-3-4-15(11-24)27-13-17-21-18(28-22-17)14-5-7-19-8-6-14/h5-8,10,12,15H,2-4,9,11,13H2,1H3. The molecule has 0 amide bonds. The Labute approximate surface area is 168 Å². The Kier molecular flexibility index (Phi) is 5.69. The first-order chi connectivity index (χ1) is 14.1. The molecule has 0 N–H and O–H groups in total. The van der Waals surface area contributed by atoms with Crippen LogP contribution in [0.3, 0.4) is 0 Å². The average Bonchev–Trinajstić information content (AvgIpc) is 3.43. The number of piperidine rings is 1. The normalized spacial score (nSPS) is 18.2. The number of hydrogen-bond donors (Lipinski definition) is 0. The van der Waals surface area contributed by atoms with E-state index in [2.05, 4.69) is 20.2 Å². The lowest BCUT2D eigenvalue weighted by atomic mass is 10.1. The number of rotatable bonds is 7. The van der Waals surface area contributed by atoms with Crippen LogP contribution in [0.2, 0.25) is 0 Å². The van der Waals surface area contributed by atoms with Crippen molar-refractivity contribution in [2.45, 2.75) is 43.9 Å². The fourth-order valence-corrected chi connectivity index (χ4v) is 4.64. The molecule has 0 saturated carbocycles. The molecule has 4 heterocycles. The second kappa shape index (κ2) is 8.39. The summed E-state index contributed by atoms with van der Waals surface area (Å²) < 4.78 is 39.9. The van der Waals surface area contributed by atoms with Gasteiger partial charge >= 0.3 is 0 Å². The Morgan fingerprint density at radius 3 is 2.90 bits per heavy atom. The van der Waals surface area contributed by atoms with Gasteiger partial charge in [-0.1, -0.05) is 5.16 Å². The summed E-state index contributed by atoms with van der Waals surface area (Å²) >= 11 is 0. The SMILES string of the molecule is CCn1cc(S(=O)(=O)N2CCCC(OCc3noc(-c4ccncc4)n3)C2)cn1. The topological polar surface area (TPSA) is 116 Å². The third-order valence-corrected chi connectivity index (χ3v) is 6.57. The molecule has 0 aliphatic carbocycles. The Bertz CT molecular complexity index is 1050. The van der Waals surface area contributed by atoms with Crippen molar-refractivity contribution in [3.8, 4) is 11.5 Å². The minimum atomic E-state index is -3.58. The molecular weight excluding hydrogens is 396 g/mol. The van der Waals surface area contributed by atoms with Crippen molar-refractivity contribution in [1.82, 2.24) is 29.2 Å². The van der Waals surface area contributed by atoms with E-state index in [-0.39, 0.29) is 24.2 Å². The zero-order valence-electron chi connectivity index (χ0n) is 16.0. The Morgan fingerprint density at radius 2 is 2.14 bits per heavy atom. The molecule has 1 unspecified atom stereocenters. The van der Waals surface area contributed by atoms with E-state index in [1.165, 1.54) is 10.5 Å². The predicted molar refractivity (Wildman–Crippen MR) is 102 cm³/mol. The van der Waals surface area contributed by atoms with Crippen LogP contribution in [0.5, 0.6) is 0 Å². The monoisotopic (exact) mass is 418 g/mol. The van der Waals surface area contributed by atoms with Crippen LogP contribution in [-0.2, 0) is 27.9 Å². The Morgan fingerprint density at radius 1 is 1.31 bits per heavy atom. The lowest BCUT2D eigenvalue weighted by molar-refractivity contribution is 0.00438. The Hall–Kier alpha value is -2.63. The smallest absolute Gasteiger partial charge is 0.258 e. The van der Waals surface area contributed by atoms with Gasteiger partial charge in [-0.3, -0.25) is 9.67 Å². The fraction of sp³-hybridized carbons (Fsp3) is 0.444. The van der Waals surface area contributed by atoms with E-state index in [0.717, 1.165) is 18.4 Å². The molecule has 4 rings (SSSR count). The molecule has 0 spiro atoms. The molecule has 1 atom stereocenters. The molecule has 29 heavy (non-hydrogen) atoms. The number of aryl methyl sites for hydroxylation is 1. The highest BCUT2D eigenvalue weighted by molar-refractivity contribution is 7.89. The number of hydrogen-bond acceptors (Lipinski definition) is 8. The molecular formula is C18H22N6O4S. The van der Waals surface area contributed by atoms with E-state index in [9.17, 15) is 8.42 Å². The van der Waals surface area contributed by atoms with E-state index < -0.39 is 10.0 Å². The van der Waals surface area contributed by atoms with Crippen LogP contribution >= 0.6 is 0 Å².